The maximum Gasteiger partial charge on any atom is 0.337 e. The van der Waals surface area contributed by atoms with Gasteiger partial charge in [0, 0.05) is 6.61 Å². The Balaban J connectivity index is 1.89. The smallest absolute Gasteiger partial charge is 0.337 e. The number of hydrogen-bond acceptors (Lipinski definition) is 5. The second-order valence-electron chi connectivity index (χ2n) is 3.45. The van der Waals surface area contributed by atoms with E-state index < -0.39 is 0 Å². The van der Waals surface area contributed by atoms with E-state index in [9.17, 15) is 4.79 Å². The predicted molar refractivity (Wildman–Crippen MR) is 55.1 cm³/mol. The molecule has 0 aromatic carbocycles. The molecule has 1 fully saturated rings. The molecule has 1 aliphatic heterocycles. The molecular weight excluding hydrogens is 212 g/mol. The molecule has 1 unspecified atom stereocenters. The van der Waals surface area contributed by atoms with Crippen molar-refractivity contribution in [1.29, 1.82) is 0 Å². The molecule has 1 saturated heterocycles. The van der Waals surface area contributed by atoms with Crippen LogP contribution in [0.25, 0.3) is 0 Å². The van der Waals surface area contributed by atoms with Gasteiger partial charge in [0.1, 0.15) is 0 Å². The topological polar surface area (TPSA) is 89.1 Å². The summed E-state index contributed by atoms with van der Waals surface area (Å²) in [7, 11) is 0. The zero-order valence-electron chi connectivity index (χ0n) is 9.02. The van der Waals surface area contributed by atoms with Gasteiger partial charge in [0.15, 0.2) is 0 Å². The lowest BCUT2D eigenvalue weighted by Gasteiger charge is -2.05. The number of hydrogen-bond donors (Lipinski definition) is 2. The molecule has 1 aromatic rings. The first kappa shape index (κ1) is 10.9. The molecule has 7 nitrogen and oxygen atoms in total. The van der Waals surface area contributed by atoms with Crippen LogP contribution >= 0.6 is 0 Å². The number of rotatable bonds is 4. The van der Waals surface area contributed by atoms with Crippen LogP contribution in [0.4, 0.5) is 5.95 Å². The lowest BCUT2D eigenvalue weighted by Crippen LogP contribution is -2.23. The van der Waals surface area contributed by atoms with Gasteiger partial charge in [-0.1, -0.05) is 0 Å². The van der Waals surface area contributed by atoms with Gasteiger partial charge in [0.25, 0.3) is 0 Å². The number of anilines is 1. The summed E-state index contributed by atoms with van der Waals surface area (Å²) < 4.78 is 10.2. The van der Waals surface area contributed by atoms with Crippen LogP contribution < -0.4 is 10.1 Å². The van der Waals surface area contributed by atoms with Gasteiger partial charge >= 0.3 is 6.01 Å². The van der Waals surface area contributed by atoms with Crippen LogP contribution in [0.1, 0.15) is 13.3 Å². The number of carbonyl (C=O) groups is 1. The highest BCUT2D eigenvalue weighted by Gasteiger charge is 2.24. The van der Waals surface area contributed by atoms with Crippen LogP contribution in [0.5, 0.6) is 6.01 Å². The van der Waals surface area contributed by atoms with Gasteiger partial charge in [-0.3, -0.25) is 10.1 Å². The third-order valence-electron chi connectivity index (χ3n) is 2.28. The highest BCUT2D eigenvalue weighted by molar-refractivity contribution is 5.91. The molecule has 2 heterocycles. The summed E-state index contributed by atoms with van der Waals surface area (Å²) in [6.45, 7) is 3.43. The summed E-state index contributed by atoms with van der Waals surface area (Å²) in [6, 6.07) is 0.237. The Kier molecular flexibility index (Phi) is 3.35. The number of nitrogens with one attached hydrogen (secondary N) is 2. The molecule has 88 valence electrons. The van der Waals surface area contributed by atoms with Crippen molar-refractivity contribution in [1.82, 2.24) is 15.2 Å². The zero-order chi connectivity index (χ0) is 11.4. The van der Waals surface area contributed by atoms with Crippen molar-refractivity contribution in [2.75, 3.05) is 25.1 Å². The van der Waals surface area contributed by atoms with E-state index in [4.69, 9.17) is 9.47 Å². The van der Waals surface area contributed by atoms with Crippen molar-refractivity contribution in [2.24, 2.45) is 5.92 Å². The molecule has 2 N–H and O–H groups in total. The van der Waals surface area contributed by atoms with E-state index in [0.717, 1.165) is 6.42 Å². The normalized spacial score (nSPS) is 19.7. The standard InChI is InChI=1S/C9H14N4O3/c1-2-16-9-11-8(12-13-9)10-7(14)6-3-4-15-5-6/h6H,2-5H2,1H3,(H2,10,11,12,13,14). The van der Waals surface area contributed by atoms with Crippen molar-refractivity contribution in [2.45, 2.75) is 13.3 Å². The molecule has 2 rings (SSSR count). The summed E-state index contributed by atoms with van der Waals surface area (Å²) in [6.07, 6.45) is 0.748. The van der Waals surface area contributed by atoms with Gasteiger partial charge in [-0.05, 0) is 13.3 Å². The SMILES string of the molecule is CCOc1n[nH]c(NC(=O)C2CCOC2)n1. The Bertz CT molecular complexity index is 359. The highest BCUT2D eigenvalue weighted by atomic mass is 16.5. The van der Waals surface area contributed by atoms with Crippen LogP contribution in [0, 0.1) is 5.92 Å². The summed E-state index contributed by atoms with van der Waals surface area (Å²) in [4.78, 5) is 15.6. The Morgan fingerprint density at radius 1 is 1.75 bits per heavy atom. The van der Waals surface area contributed by atoms with E-state index in [-0.39, 0.29) is 17.8 Å². The van der Waals surface area contributed by atoms with Crippen molar-refractivity contribution < 1.29 is 14.3 Å². The first-order chi connectivity index (χ1) is 7.79. The van der Waals surface area contributed by atoms with Crippen LogP contribution in [0.2, 0.25) is 0 Å². The Labute approximate surface area is 92.5 Å². The zero-order valence-corrected chi connectivity index (χ0v) is 9.02. The van der Waals surface area contributed by atoms with Crippen LogP contribution in [-0.2, 0) is 9.53 Å². The molecular formula is C9H14N4O3. The average molecular weight is 226 g/mol. The van der Waals surface area contributed by atoms with Crippen molar-refractivity contribution in [3.05, 3.63) is 0 Å². The number of nitrogens with zero attached hydrogens (tertiary/aromatic N) is 2. The summed E-state index contributed by atoms with van der Waals surface area (Å²) in [5.74, 6) is 0.109. The maximum atomic E-state index is 11.7. The number of ether oxygens (including phenoxy) is 2. The number of H-pyrrole nitrogens is 1. The molecule has 1 aromatic heterocycles. The van der Waals surface area contributed by atoms with Crippen LogP contribution in [0.3, 0.4) is 0 Å². The van der Waals surface area contributed by atoms with Crippen molar-refractivity contribution in [3.63, 3.8) is 0 Å². The molecule has 16 heavy (non-hydrogen) atoms. The summed E-state index contributed by atoms with van der Waals surface area (Å²) >= 11 is 0. The molecule has 0 aliphatic carbocycles. The largest absolute Gasteiger partial charge is 0.463 e. The molecule has 1 amide bonds. The van der Waals surface area contributed by atoms with Gasteiger partial charge in [0.2, 0.25) is 11.9 Å². The number of aromatic amines is 1. The second kappa shape index (κ2) is 4.93. The average Bonchev–Trinajstić information content (AvgIpc) is 2.89. The molecule has 0 bridgehead atoms. The number of carbonyl (C=O) groups excluding carboxylic acids is 1. The summed E-state index contributed by atoms with van der Waals surface area (Å²) in [5.41, 5.74) is 0. The van der Waals surface area contributed by atoms with Crippen LogP contribution in [-0.4, -0.2) is 40.9 Å². The van der Waals surface area contributed by atoms with E-state index in [1.807, 2.05) is 6.92 Å². The molecule has 0 spiro atoms. The van der Waals surface area contributed by atoms with Gasteiger partial charge in [-0.2, -0.15) is 4.98 Å². The molecule has 7 heteroatoms. The lowest BCUT2D eigenvalue weighted by atomic mass is 10.1. The van der Waals surface area contributed by atoms with Gasteiger partial charge in [0.05, 0.1) is 19.1 Å². The van der Waals surface area contributed by atoms with Crippen LogP contribution in [0.15, 0.2) is 0 Å². The third kappa shape index (κ3) is 2.48. The second-order valence-corrected chi connectivity index (χ2v) is 3.45. The Morgan fingerprint density at radius 2 is 2.62 bits per heavy atom. The molecule has 1 aliphatic rings. The van der Waals surface area contributed by atoms with Gasteiger partial charge in [-0.25, -0.2) is 5.10 Å². The molecule has 0 radical (unpaired) electrons. The first-order valence-electron chi connectivity index (χ1n) is 5.23. The van der Waals surface area contributed by atoms with E-state index in [1.165, 1.54) is 0 Å². The van der Waals surface area contributed by atoms with Crippen molar-refractivity contribution >= 4 is 11.9 Å². The minimum absolute atomic E-state index is 0.0966. The maximum absolute atomic E-state index is 11.7. The number of amides is 1. The van der Waals surface area contributed by atoms with E-state index >= 15 is 0 Å². The predicted octanol–water partition coefficient (Wildman–Crippen LogP) is 0.178. The van der Waals surface area contributed by atoms with E-state index in [0.29, 0.717) is 25.8 Å². The fourth-order valence-electron chi connectivity index (χ4n) is 1.46. The van der Waals surface area contributed by atoms with Gasteiger partial charge < -0.3 is 9.47 Å². The monoisotopic (exact) mass is 226 g/mol. The first-order valence-corrected chi connectivity index (χ1v) is 5.23. The van der Waals surface area contributed by atoms with E-state index in [2.05, 4.69) is 20.5 Å². The Morgan fingerprint density at radius 3 is 3.31 bits per heavy atom. The Hall–Kier alpha value is -1.63. The minimum atomic E-state index is -0.100. The van der Waals surface area contributed by atoms with Gasteiger partial charge in [-0.15, -0.1) is 5.10 Å². The third-order valence-corrected chi connectivity index (χ3v) is 2.28. The summed E-state index contributed by atoms with van der Waals surface area (Å²) in [5, 5.41) is 9.00. The van der Waals surface area contributed by atoms with Crippen molar-refractivity contribution in [3.8, 4) is 6.01 Å². The fraction of sp³-hybridized carbons (Fsp3) is 0.667. The highest BCUT2D eigenvalue weighted by Crippen LogP contribution is 2.14. The number of aromatic nitrogens is 3. The fourth-order valence-corrected chi connectivity index (χ4v) is 1.46. The minimum Gasteiger partial charge on any atom is -0.463 e. The lowest BCUT2D eigenvalue weighted by molar-refractivity contribution is -0.119. The molecule has 0 saturated carbocycles. The quantitative estimate of drug-likeness (QED) is 0.764. The molecule has 1 atom stereocenters. The van der Waals surface area contributed by atoms with E-state index in [1.54, 1.807) is 0 Å².